The van der Waals surface area contributed by atoms with Crippen LogP contribution in [-0.2, 0) is 0 Å². The molecule has 5 nitrogen and oxygen atoms in total. The van der Waals surface area contributed by atoms with Gasteiger partial charge in [0.2, 0.25) is 0 Å². The number of Topliss-reactive ketones (excluding diaryl/α,β-unsaturated/α-hetero) is 1. The van der Waals surface area contributed by atoms with Crippen LogP contribution in [0.2, 0.25) is 0 Å². The number of benzene rings is 1. The number of fused-ring (bicyclic) bond motifs is 3. The zero-order chi connectivity index (χ0) is 15.3. The Morgan fingerprint density at radius 3 is 2.82 bits per heavy atom. The molecule has 2 aliphatic rings. The number of ketones is 1. The van der Waals surface area contributed by atoms with E-state index in [2.05, 4.69) is 10.2 Å². The van der Waals surface area contributed by atoms with Gasteiger partial charge in [0, 0.05) is 37.0 Å². The Kier molecular flexibility index (Phi) is 3.04. The largest absolute Gasteiger partial charge is 0.453 e. The summed E-state index contributed by atoms with van der Waals surface area (Å²) in [4.78, 5) is 26.2. The molecule has 3 atom stereocenters. The van der Waals surface area contributed by atoms with Gasteiger partial charge in [-0.1, -0.05) is 0 Å². The summed E-state index contributed by atoms with van der Waals surface area (Å²) in [6.45, 7) is 4.69. The lowest BCUT2D eigenvalue weighted by molar-refractivity contribution is 0.0923. The summed E-state index contributed by atoms with van der Waals surface area (Å²) in [5, 5.41) is 3.93. The molecule has 1 N–H and O–H groups in total. The molecule has 2 aliphatic heterocycles. The normalized spacial score (nSPS) is 26.5. The van der Waals surface area contributed by atoms with Gasteiger partial charge in [0.1, 0.15) is 5.58 Å². The van der Waals surface area contributed by atoms with Crippen LogP contribution in [0.5, 0.6) is 0 Å². The summed E-state index contributed by atoms with van der Waals surface area (Å²) >= 11 is 0. The summed E-state index contributed by atoms with van der Waals surface area (Å²) in [5.74, 6) is 0.754. The summed E-state index contributed by atoms with van der Waals surface area (Å²) in [6.07, 6.45) is 1.17. The average Bonchev–Trinajstić information content (AvgIpc) is 3.20. The van der Waals surface area contributed by atoms with Crippen LogP contribution in [-0.4, -0.2) is 42.3 Å². The zero-order valence-electron chi connectivity index (χ0n) is 12.5. The molecule has 1 amide bonds. The zero-order valence-corrected chi connectivity index (χ0v) is 12.5. The van der Waals surface area contributed by atoms with Gasteiger partial charge in [-0.3, -0.25) is 9.59 Å². The lowest BCUT2D eigenvalue weighted by atomic mass is 9.99. The molecule has 1 aromatic heterocycles. The Labute approximate surface area is 128 Å². The van der Waals surface area contributed by atoms with Crippen LogP contribution >= 0.6 is 0 Å². The monoisotopic (exact) mass is 298 g/mol. The second-order valence-electron chi connectivity index (χ2n) is 6.31. The van der Waals surface area contributed by atoms with Gasteiger partial charge in [-0.15, -0.1) is 0 Å². The molecule has 0 spiro atoms. The Morgan fingerprint density at radius 1 is 1.27 bits per heavy atom. The molecule has 2 bridgehead atoms. The van der Waals surface area contributed by atoms with Crippen molar-refractivity contribution in [1.29, 1.82) is 0 Å². The molecule has 3 heterocycles. The van der Waals surface area contributed by atoms with E-state index in [0.717, 1.165) is 25.0 Å². The van der Waals surface area contributed by atoms with Gasteiger partial charge in [-0.05, 0) is 43.1 Å². The minimum atomic E-state index is -0.113. The third kappa shape index (κ3) is 2.22. The number of amides is 1. The summed E-state index contributed by atoms with van der Waals surface area (Å²) in [7, 11) is 0. The van der Waals surface area contributed by atoms with E-state index in [1.807, 2.05) is 0 Å². The van der Waals surface area contributed by atoms with Gasteiger partial charge in [0.25, 0.3) is 5.91 Å². The minimum absolute atomic E-state index is 0.0498. The first-order chi connectivity index (χ1) is 10.6. The van der Waals surface area contributed by atoms with Crippen LogP contribution in [0.4, 0.5) is 0 Å². The number of hydrogen-bond acceptors (Lipinski definition) is 4. The topological polar surface area (TPSA) is 62.6 Å². The van der Waals surface area contributed by atoms with E-state index in [4.69, 9.17) is 4.42 Å². The molecule has 0 radical (unpaired) electrons. The Hall–Kier alpha value is -2.14. The van der Waals surface area contributed by atoms with Crippen molar-refractivity contribution in [3.8, 4) is 0 Å². The number of carbonyl (C=O) groups excluding carboxylic acids is 2. The third-order valence-corrected chi connectivity index (χ3v) is 4.77. The van der Waals surface area contributed by atoms with Crippen molar-refractivity contribution in [2.75, 3.05) is 19.6 Å². The van der Waals surface area contributed by atoms with Gasteiger partial charge in [-0.2, -0.15) is 0 Å². The maximum Gasteiger partial charge on any atom is 0.251 e. The SMILES string of the molecule is CC(=O)c1cc2cc(C(=O)NC3CN4CC[C@@H]3C4)ccc2o1. The molecule has 22 heavy (non-hydrogen) atoms. The number of carbonyl (C=O) groups is 2. The first kappa shape index (κ1) is 13.5. The van der Waals surface area contributed by atoms with E-state index in [0.29, 0.717) is 22.8 Å². The van der Waals surface area contributed by atoms with E-state index in [1.54, 1.807) is 24.3 Å². The molecule has 4 rings (SSSR count). The molecule has 2 saturated heterocycles. The highest BCUT2D eigenvalue weighted by molar-refractivity contribution is 6.00. The number of nitrogens with zero attached hydrogens (tertiary/aromatic N) is 1. The molecule has 2 fully saturated rings. The van der Waals surface area contributed by atoms with E-state index < -0.39 is 0 Å². The standard InChI is InChI=1S/C17H18N2O3/c1-10(20)16-7-13-6-11(2-3-15(13)22-16)17(21)18-14-9-19-5-4-12(14)8-19/h2-3,6-7,12,14H,4-5,8-9H2,1H3,(H,18,21)/t12-,14?/m1/s1. The molecule has 2 unspecified atom stereocenters. The van der Waals surface area contributed by atoms with Crippen molar-refractivity contribution in [1.82, 2.24) is 10.2 Å². The Bertz CT molecular complexity index is 764. The number of hydrogen-bond donors (Lipinski definition) is 1. The van der Waals surface area contributed by atoms with Gasteiger partial charge < -0.3 is 14.6 Å². The quantitative estimate of drug-likeness (QED) is 0.881. The summed E-state index contributed by atoms with van der Waals surface area (Å²) in [6, 6.07) is 7.24. The predicted octanol–water partition coefficient (Wildman–Crippen LogP) is 2.07. The van der Waals surface area contributed by atoms with E-state index in [1.165, 1.54) is 13.3 Å². The second-order valence-corrected chi connectivity index (χ2v) is 6.31. The van der Waals surface area contributed by atoms with Crippen LogP contribution < -0.4 is 5.32 Å². The molecule has 0 saturated carbocycles. The fourth-order valence-corrected chi connectivity index (χ4v) is 3.56. The smallest absolute Gasteiger partial charge is 0.251 e. The van der Waals surface area contributed by atoms with Crippen molar-refractivity contribution in [3.63, 3.8) is 0 Å². The fraction of sp³-hybridized carbons (Fsp3) is 0.412. The van der Waals surface area contributed by atoms with E-state index >= 15 is 0 Å². The fourth-order valence-electron chi connectivity index (χ4n) is 3.56. The molecular weight excluding hydrogens is 280 g/mol. The first-order valence-electron chi connectivity index (χ1n) is 7.68. The van der Waals surface area contributed by atoms with Gasteiger partial charge in [-0.25, -0.2) is 0 Å². The lowest BCUT2D eigenvalue weighted by Gasteiger charge is -2.23. The third-order valence-electron chi connectivity index (χ3n) is 4.77. The lowest BCUT2D eigenvalue weighted by Crippen LogP contribution is -2.43. The number of rotatable bonds is 3. The van der Waals surface area contributed by atoms with Crippen molar-refractivity contribution in [2.24, 2.45) is 5.92 Å². The molecule has 2 aromatic rings. The highest BCUT2D eigenvalue weighted by Gasteiger charge is 2.38. The predicted molar refractivity (Wildman–Crippen MR) is 82.0 cm³/mol. The van der Waals surface area contributed by atoms with Crippen molar-refractivity contribution >= 4 is 22.7 Å². The van der Waals surface area contributed by atoms with Crippen molar-refractivity contribution in [2.45, 2.75) is 19.4 Å². The van der Waals surface area contributed by atoms with E-state index in [-0.39, 0.29) is 17.7 Å². The van der Waals surface area contributed by atoms with Crippen LogP contribution in [0.25, 0.3) is 11.0 Å². The van der Waals surface area contributed by atoms with Crippen LogP contribution in [0.3, 0.4) is 0 Å². The molecular formula is C17H18N2O3. The van der Waals surface area contributed by atoms with E-state index in [9.17, 15) is 9.59 Å². The van der Waals surface area contributed by atoms with Crippen LogP contribution in [0, 0.1) is 5.92 Å². The summed E-state index contributed by atoms with van der Waals surface area (Å²) in [5.41, 5.74) is 1.24. The highest BCUT2D eigenvalue weighted by Crippen LogP contribution is 2.28. The van der Waals surface area contributed by atoms with Crippen LogP contribution in [0.1, 0.15) is 34.3 Å². The van der Waals surface area contributed by atoms with Gasteiger partial charge in [0.05, 0.1) is 0 Å². The minimum Gasteiger partial charge on any atom is -0.453 e. The highest BCUT2D eigenvalue weighted by atomic mass is 16.3. The van der Waals surface area contributed by atoms with Crippen molar-refractivity contribution < 1.29 is 14.0 Å². The first-order valence-corrected chi connectivity index (χ1v) is 7.68. The average molecular weight is 298 g/mol. The molecule has 114 valence electrons. The second kappa shape index (κ2) is 4.95. The number of piperidine rings is 1. The van der Waals surface area contributed by atoms with Gasteiger partial charge >= 0.3 is 0 Å². The summed E-state index contributed by atoms with van der Waals surface area (Å²) < 4.78 is 5.45. The Morgan fingerprint density at radius 2 is 2.14 bits per heavy atom. The molecule has 1 aromatic carbocycles. The molecule has 0 aliphatic carbocycles. The maximum atomic E-state index is 12.4. The number of furan rings is 1. The Balaban J connectivity index is 1.55. The molecule has 5 heteroatoms. The van der Waals surface area contributed by atoms with Gasteiger partial charge in [0.15, 0.2) is 11.5 Å². The maximum absolute atomic E-state index is 12.4. The van der Waals surface area contributed by atoms with Crippen LogP contribution in [0.15, 0.2) is 28.7 Å². The van der Waals surface area contributed by atoms with Crippen molar-refractivity contribution in [3.05, 3.63) is 35.6 Å². The number of nitrogens with one attached hydrogen (secondary N) is 1.